The van der Waals surface area contributed by atoms with Crippen LogP contribution in [-0.2, 0) is 28.6 Å². The molecule has 1 unspecified atom stereocenters. The van der Waals surface area contributed by atoms with E-state index in [1.807, 2.05) is 6.92 Å². The molecule has 1 rings (SSSR count). The van der Waals surface area contributed by atoms with Crippen LogP contribution < -0.4 is 5.32 Å². The van der Waals surface area contributed by atoms with Gasteiger partial charge in [-0.25, -0.2) is 0 Å². The summed E-state index contributed by atoms with van der Waals surface area (Å²) in [4.78, 5) is 23.9. The average molecular weight is 428 g/mol. The van der Waals surface area contributed by atoms with Crippen molar-refractivity contribution in [2.75, 3.05) is 19.5 Å². The minimum atomic E-state index is -3.88. The van der Waals surface area contributed by atoms with Gasteiger partial charge in [-0.15, -0.1) is 0 Å². The third-order valence-electron chi connectivity index (χ3n) is 5.24. The number of carbonyl (C=O) groups is 2. The fraction of sp³-hybridized carbons (Fsp3) is 0.619. The summed E-state index contributed by atoms with van der Waals surface area (Å²) in [5.41, 5.74) is -0.449. The topological polar surface area (TPSA) is 98.8 Å². The lowest BCUT2D eigenvalue weighted by Gasteiger charge is -2.28. The Morgan fingerprint density at radius 1 is 1.03 bits per heavy atom. The van der Waals surface area contributed by atoms with E-state index in [2.05, 4.69) is 9.50 Å². The first-order valence-electron chi connectivity index (χ1n) is 9.98. The van der Waals surface area contributed by atoms with Crippen molar-refractivity contribution >= 4 is 27.5 Å². The van der Waals surface area contributed by atoms with Gasteiger partial charge in [-0.1, -0.05) is 44.7 Å². The Hall–Kier alpha value is -1.77. The summed E-state index contributed by atoms with van der Waals surface area (Å²) >= 11 is 0. The molecule has 1 atom stereocenters. The van der Waals surface area contributed by atoms with Crippen molar-refractivity contribution in [1.29, 1.82) is 0 Å². The third kappa shape index (κ3) is 7.53. The highest BCUT2D eigenvalue weighted by Crippen LogP contribution is 2.25. The van der Waals surface area contributed by atoms with Crippen LogP contribution in [0.1, 0.15) is 65.2 Å². The Kier molecular flexibility index (Phi) is 10.5. The lowest BCUT2D eigenvalue weighted by atomic mass is 9.89. The quantitative estimate of drug-likeness (QED) is 0.355. The first kappa shape index (κ1) is 25.3. The number of hydrogen-bond acceptors (Lipinski definition) is 6. The summed E-state index contributed by atoms with van der Waals surface area (Å²) in [6.45, 7) is 3.53. The maximum atomic E-state index is 12.2. The van der Waals surface area contributed by atoms with Gasteiger partial charge in [0.1, 0.15) is 10.5 Å². The molecule has 8 heteroatoms. The highest BCUT2D eigenvalue weighted by atomic mass is 32.2. The lowest BCUT2D eigenvalue weighted by molar-refractivity contribution is -0.140. The van der Waals surface area contributed by atoms with Crippen molar-refractivity contribution in [3.63, 3.8) is 0 Å². The standard InChI is InChI=1S/C21H33NO6S/c1-5-21(27-3,17(2)23)16-12-8-6-7-9-15-20(24)22-18-13-10-11-14-19(18)29(25,26)28-4/h10-11,13-14H,5-9,12,15-16H2,1-4H3,(H,22,24). The summed E-state index contributed by atoms with van der Waals surface area (Å²) in [5.74, 6) is -0.167. The summed E-state index contributed by atoms with van der Waals surface area (Å²) < 4.78 is 33.8. The molecule has 0 saturated carbocycles. The summed E-state index contributed by atoms with van der Waals surface area (Å²) in [6, 6.07) is 6.16. The number of rotatable bonds is 14. The van der Waals surface area contributed by atoms with E-state index in [9.17, 15) is 18.0 Å². The Bertz CT molecular complexity index is 771. The number of ketones is 1. The van der Waals surface area contributed by atoms with Crippen LogP contribution in [0, 0.1) is 0 Å². The van der Waals surface area contributed by atoms with E-state index in [0.717, 1.165) is 32.8 Å². The van der Waals surface area contributed by atoms with Gasteiger partial charge >= 0.3 is 0 Å². The van der Waals surface area contributed by atoms with E-state index in [-0.39, 0.29) is 22.3 Å². The molecule has 0 heterocycles. The molecule has 0 spiro atoms. The number of unbranched alkanes of at least 4 members (excludes halogenated alkanes) is 4. The predicted octanol–water partition coefficient (Wildman–Crippen LogP) is 4.08. The first-order valence-corrected chi connectivity index (χ1v) is 11.4. The number of anilines is 1. The van der Waals surface area contributed by atoms with Crippen molar-refractivity contribution < 1.29 is 26.9 Å². The molecule has 1 amide bonds. The molecule has 1 N–H and O–H groups in total. The van der Waals surface area contributed by atoms with Gasteiger partial charge in [0.25, 0.3) is 10.1 Å². The van der Waals surface area contributed by atoms with E-state index < -0.39 is 15.7 Å². The fourth-order valence-electron chi connectivity index (χ4n) is 3.31. The molecule has 0 aliphatic heterocycles. The highest BCUT2D eigenvalue weighted by molar-refractivity contribution is 7.87. The van der Waals surface area contributed by atoms with Gasteiger partial charge in [-0.2, -0.15) is 8.42 Å². The highest BCUT2D eigenvalue weighted by Gasteiger charge is 2.32. The number of amides is 1. The summed E-state index contributed by atoms with van der Waals surface area (Å²) in [5, 5.41) is 2.65. The van der Waals surface area contributed by atoms with Crippen LogP contribution in [-0.4, -0.2) is 39.9 Å². The number of methoxy groups -OCH3 is 1. The zero-order valence-electron chi connectivity index (χ0n) is 17.8. The number of para-hydroxylation sites is 1. The molecule has 164 valence electrons. The van der Waals surface area contributed by atoms with Crippen LogP contribution in [0.3, 0.4) is 0 Å². The lowest BCUT2D eigenvalue weighted by Crippen LogP contribution is -2.38. The largest absolute Gasteiger partial charge is 0.370 e. The molecule has 0 aliphatic rings. The van der Waals surface area contributed by atoms with Gasteiger partial charge in [0.2, 0.25) is 5.91 Å². The summed E-state index contributed by atoms with van der Waals surface area (Å²) in [7, 11) is -1.21. The fourth-order valence-corrected chi connectivity index (χ4v) is 4.12. The van der Waals surface area contributed by atoms with Gasteiger partial charge < -0.3 is 10.1 Å². The molecule has 7 nitrogen and oxygen atoms in total. The number of nitrogens with one attached hydrogen (secondary N) is 1. The molecular weight excluding hydrogens is 394 g/mol. The van der Waals surface area contributed by atoms with Gasteiger partial charge in [-0.05, 0) is 38.3 Å². The van der Waals surface area contributed by atoms with E-state index in [0.29, 0.717) is 25.7 Å². The minimum Gasteiger partial charge on any atom is -0.370 e. The normalized spacial score (nSPS) is 13.7. The maximum Gasteiger partial charge on any atom is 0.298 e. The molecular formula is C21H33NO6S. The number of carbonyl (C=O) groups excluding carboxylic acids is 2. The Morgan fingerprint density at radius 2 is 1.66 bits per heavy atom. The van der Waals surface area contributed by atoms with Gasteiger partial charge in [0.05, 0.1) is 12.8 Å². The van der Waals surface area contributed by atoms with Crippen LogP contribution in [0.2, 0.25) is 0 Å². The molecule has 0 radical (unpaired) electrons. The van der Waals surface area contributed by atoms with Gasteiger partial charge in [-0.3, -0.25) is 13.8 Å². The van der Waals surface area contributed by atoms with Crippen LogP contribution in [0.5, 0.6) is 0 Å². The smallest absolute Gasteiger partial charge is 0.298 e. The second-order valence-corrected chi connectivity index (χ2v) is 8.72. The van der Waals surface area contributed by atoms with Gasteiger partial charge in [0, 0.05) is 13.5 Å². The maximum absolute atomic E-state index is 12.2. The predicted molar refractivity (Wildman–Crippen MR) is 112 cm³/mol. The molecule has 0 fully saturated rings. The van der Waals surface area contributed by atoms with E-state index in [1.54, 1.807) is 26.2 Å². The van der Waals surface area contributed by atoms with Crippen LogP contribution in [0.25, 0.3) is 0 Å². The van der Waals surface area contributed by atoms with Crippen LogP contribution in [0.15, 0.2) is 29.2 Å². The number of benzene rings is 1. The molecule has 0 aliphatic carbocycles. The Balaban J connectivity index is 2.37. The molecule has 1 aromatic carbocycles. The molecule has 29 heavy (non-hydrogen) atoms. The second-order valence-electron chi connectivity index (χ2n) is 7.04. The second kappa shape index (κ2) is 12.0. The van der Waals surface area contributed by atoms with Gasteiger partial charge in [0.15, 0.2) is 5.78 Å². The van der Waals surface area contributed by atoms with Crippen LogP contribution >= 0.6 is 0 Å². The third-order valence-corrected chi connectivity index (χ3v) is 6.57. The molecule has 0 saturated heterocycles. The van der Waals surface area contributed by atoms with Crippen LogP contribution in [0.4, 0.5) is 5.69 Å². The Labute approximate surface area is 174 Å². The Morgan fingerprint density at radius 3 is 2.24 bits per heavy atom. The van der Waals surface area contributed by atoms with E-state index in [1.165, 1.54) is 12.1 Å². The number of Topliss-reactive ketones (excluding diaryl/α,β-unsaturated/α-hetero) is 1. The van der Waals surface area contributed by atoms with Crippen molar-refractivity contribution in [2.24, 2.45) is 0 Å². The number of ether oxygens (including phenoxy) is 1. The van der Waals surface area contributed by atoms with E-state index in [4.69, 9.17) is 4.74 Å². The average Bonchev–Trinajstić information content (AvgIpc) is 2.70. The van der Waals surface area contributed by atoms with Crippen molar-refractivity contribution in [3.8, 4) is 0 Å². The molecule has 1 aromatic rings. The zero-order valence-corrected chi connectivity index (χ0v) is 18.6. The molecule has 0 bridgehead atoms. The minimum absolute atomic E-state index is 0.0566. The molecule has 0 aromatic heterocycles. The van der Waals surface area contributed by atoms with Crippen molar-refractivity contribution in [1.82, 2.24) is 0 Å². The zero-order chi connectivity index (χ0) is 21.9. The SMILES string of the molecule is CCC(CCCCCCCC(=O)Nc1ccccc1S(=O)(=O)OC)(OC)C(C)=O. The van der Waals surface area contributed by atoms with Crippen molar-refractivity contribution in [3.05, 3.63) is 24.3 Å². The monoisotopic (exact) mass is 427 g/mol. The summed E-state index contributed by atoms with van der Waals surface area (Å²) in [6.07, 6.45) is 6.11. The first-order chi connectivity index (χ1) is 13.7. The van der Waals surface area contributed by atoms with Crippen molar-refractivity contribution in [2.45, 2.75) is 75.7 Å². The number of hydrogen-bond donors (Lipinski definition) is 1. The van der Waals surface area contributed by atoms with E-state index >= 15 is 0 Å².